The van der Waals surface area contributed by atoms with Gasteiger partial charge in [-0.3, -0.25) is 0 Å². The van der Waals surface area contributed by atoms with Gasteiger partial charge in [0, 0.05) is 24.6 Å². The fraction of sp³-hybridized carbons (Fsp3) is 0.562. The average Bonchev–Trinajstić information content (AvgIpc) is 2.70. The fourth-order valence-corrected chi connectivity index (χ4v) is 3.16. The summed E-state index contributed by atoms with van der Waals surface area (Å²) in [6.07, 6.45) is 0.549. The standard InChI is InChI=1S/C16H20ClNO3/c1-16(2,3)21-15(19)18-7-6-10-4-5-12(17)14-13(10)11(8-18)9-20-14/h4-5,11H,6-9H2,1-3H3. The van der Waals surface area contributed by atoms with Crippen molar-refractivity contribution in [3.63, 3.8) is 0 Å². The first-order chi connectivity index (χ1) is 9.85. The van der Waals surface area contributed by atoms with Gasteiger partial charge in [-0.2, -0.15) is 0 Å². The number of ether oxygens (including phenoxy) is 2. The SMILES string of the molecule is CC(C)(C)OC(=O)N1CCc2ccc(Cl)c3c2C(CO3)C1. The van der Waals surface area contributed by atoms with Gasteiger partial charge in [0.05, 0.1) is 11.6 Å². The van der Waals surface area contributed by atoms with E-state index in [-0.39, 0.29) is 12.0 Å². The van der Waals surface area contributed by atoms with Crippen LogP contribution in [0.25, 0.3) is 0 Å². The van der Waals surface area contributed by atoms with Gasteiger partial charge in [0.1, 0.15) is 11.4 Å². The van der Waals surface area contributed by atoms with Crippen molar-refractivity contribution >= 4 is 17.7 Å². The third-order valence-electron chi connectivity index (χ3n) is 3.82. The van der Waals surface area contributed by atoms with Crippen LogP contribution >= 0.6 is 11.6 Å². The summed E-state index contributed by atoms with van der Waals surface area (Å²) in [5.74, 6) is 0.980. The van der Waals surface area contributed by atoms with Gasteiger partial charge in [-0.25, -0.2) is 4.79 Å². The molecule has 1 aromatic carbocycles. The lowest BCUT2D eigenvalue weighted by molar-refractivity contribution is 0.0242. The largest absolute Gasteiger partial charge is 0.491 e. The van der Waals surface area contributed by atoms with E-state index in [2.05, 4.69) is 0 Å². The highest BCUT2D eigenvalue weighted by molar-refractivity contribution is 6.32. The normalized spacial score (nSPS) is 20.6. The van der Waals surface area contributed by atoms with Crippen LogP contribution in [0.2, 0.25) is 5.02 Å². The van der Waals surface area contributed by atoms with Crippen LogP contribution in [0.4, 0.5) is 4.79 Å². The Hall–Kier alpha value is -1.42. The summed E-state index contributed by atoms with van der Waals surface area (Å²) >= 11 is 6.20. The number of hydrogen-bond acceptors (Lipinski definition) is 3. The molecule has 0 saturated carbocycles. The predicted molar refractivity (Wildman–Crippen MR) is 81.2 cm³/mol. The van der Waals surface area contributed by atoms with Crippen LogP contribution in [0.3, 0.4) is 0 Å². The zero-order valence-electron chi connectivity index (χ0n) is 12.6. The molecule has 0 bridgehead atoms. The molecular weight excluding hydrogens is 290 g/mol. The molecule has 0 saturated heterocycles. The summed E-state index contributed by atoms with van der Waals surface area (Å²) in [6, 6.07) is 3.92. The second kappa shape index (κ2) is 5.09. The third-order valence-corrected chi connectivity index (χ3v) is 4.12. The minimum absolute atomic E-state index is 0.184. The average molecular weight is 310 g/mol. The van der Waals surface area contributed by atoms with E-state index in [1.807, 2.05) is 32.9 Å². The van der Waals surface area contributed by atoms with Gasteiger partial charge in [-0.05, 0) is 38.8 Å². The van der Waals surface area contributed by atoms with E-state index in [0.717, 1.165) is 12.2 Å². The number of carbonyl (C=O) groups is 1. The van der Waals surface area contributed by atoms with Crippen LogP contribution in [0.5, 0.6) is 5.75 Å². The Balaban J connectivity index is 1.83. The highest BCUT2D eigenvalue weighted by Gasteiger charge is 2.35. The summed E-state index contributed by atoms with van der Waals surface area (Å²) in [7, 11) is 0. The minimum atomic E-state index is -0.475. The molecule has 0 spiro atoms. The summed E-state index contributed by atoms with van der Waals surface area (Å²) in [5.41, 5.74) is 1.92. The Labute approximate surface area is 130 Å². The summed E-state index contributed by atoms with van der Waals surface area (Å²) in [6.45, 7) is 7.51. The number of halogens is 1. The minimum Gasteiger partial charge on any atom is -0.491 e. The quantitative estimate of drug-likeness (QED) is 0.735. The molecule has 0 radical (unpaired) electrons. The van der Waals surface area contributed by atoms with Crippen molar-refractivity contribution in [3.05, 3.63) is 28.3 Å². The lowest BCUT2D eigenvalue weighted by Gasteiger charge is -2.27. The van der Waals surface area contributed by atoms with Crippen molar-refractivity contribution in [2.75, 3.05) is 19.7 Å². The number of carbonyl (C=O) groups excluding carboxylic acids is 1. The van der Waals surface area contributed by atoms with Crippen LogP contribution in [0.15, 0.2) is 12.1 Å². The monoisotopic (exact) mass is 309 g/mol. The van der Waals surface area contributed by atoms with Crippen LogP contribution in [-0.2, 0) is 11.2 Å². The van der Waals surface area contributed by atoms with Gasteiger partial charge in [0.15, 0.2) is 0 Å². The van der Waals surface area contributed by atoms with Crippen LogP contribution in [0.1, 0.15) is 37.8 Å². The second-order valence-electron chi connectivity index (χ2n) is 6.63. The molecule has 2 heterocycles. The van der Waals surface area contributed by atoms with Crippen LogP contribution < -0.4 is 4.74 Å². The molecule has 0 N–H and O–H groups in total. The van der Waals surface area contributed by atoms with Crippen molar-refractivity contribution < 1.29 is 14.3 Å². The van der Waals surface area contributed by atoms with Gasteiger partial charge in [-0.1, -0.05) is 17.7 Å². The maximum Gasteiger partial charge on any atom is 0.410 e. The smallest absolute Gasteiger partial charge is 0.410 e. The highest BCUT2D eigenvalue weighted by atomic mass is 35.5. The van der Waals surface area contributed by atoms with Crippen molar-refractivity contribution in [2.24, 2.45) is 0 Å². The molecule has 0 aromatic heterocycles. The molecule has 4 nitrogen and oxygen atoms in total. The van der Waals surface area contributed by atoms with E-state index < -0.39 is 5.60 Å². The topological polar surface area (TPSA) is 38.8 Å². The molecule has 1 amide bonds. The molecule has 114 valence electrons. The molecule has 1 unspecified atom stereocenters. The summed E-state index contributed by atoms with van der Waals surface area (Å²) in [4.78, 5) is 14.1. The highest BCUT2D eigenvalue weighted by Crippen LogP contribution is 2.43. The Kier molecular flexibility index (Phi) is 3.52. The zero-order chi connectivity index (χ0) is 15.2. The van der Waals surface area contributed by atoms with E-state index in [1.54, 1.807) is 4.90 Å². The van der Waals surface area contributed by atoms with Gasteiger partial charge in [0.2, 0.25) is 0 Å². The van der Waals surface area contributed by atoms with Gasteiger partial charge in [0.25, 0.3) is 0 Å². The maximum atomic E-state index is 12.3. The number of benzene rings is 1. The Morgan fingerprint density at radius 2 is 2.19 bits per heavy atom. The van der Waals surface area contributed by atoms with Crippen molar-refractivity contribution in [2.45, 2.75) is 38.7 Å². The molecule has 3 rings (SSSR count). The van der Waals surface area contributed by atoms with Crippen molar-refractivity contribution in [3.8, 4) is 5.75 Å². The van der Waals surface area contributed by atoms with Gasteiger partial charge >= 0.3 is 6.09 Å². The molecule has 21 heavy (non-hydrogen) atoms. The van der Waals surface area contributed by atoms with Crippen LogP contribution in [-0.4, -0.2) is 36.3 Å². The molecular formula is C16H20ClNO3. The van der Waals surface area contributed by atoms with E-state index in [0.29, 0.717) is 24.7 Å². The first kappa shape index (κ1) is 14.5. The first-order valence-electron chi connectivity index (χ1n) is 7.27. The zero-order valence-corrected chi connectivity index (χ0v) is 13.4. The first-order valence-corrected chi connectivity index (χ1v) is 7.65. The lowest BCUT2D eigenvalue weighted by Crippen LogP contribution is -2.39. The molecule has 0 aliphatic carbocycles. The predicted octanol–water partition coefficient (Wildman–Crippen LogP) is 3.61. The molecule has 2 aliphatic rings. The summed E-state index contributed by atoms with van der Waals surface area (Å²) in [5, 5.41) is 0.655. The van der Waals surface area contributed by atoms with Crippen LogP contribution in [0, 0.1) is 0 Å². The number of hydrogen-bond donors (Lipinski definition) is 0. The Morgan fingerprint density at radius 3 is 2.90 bits per heavy atom. The van der Waals surface area contributed by atoms with Gasteiger partial charge < -0.3 is 14.4 Å². The fourth-order valence-electron chi connectivity index (χ4n) is 2.94. The number of amides is 1. The maximum absolute atomic E-state index is 12.3. The number of nitrogens with zero attached hydrogens (tertiary/aromatic N) is 1. The van der Waals surface area contributed by atoms with E-state index >= 15 is 0 Å². The number of rotatable bonds is 0. The van der Waals surface area contributed by atoms with Crippen molar-refractivity contribution in [1.29, 1.82) is 0 Å². The molecule has 2 aliphatic heterocycles. The van der Waals surface area contributed by atoms with E-state index in [4.69, 9.17) is 21.1 Å². The second-order valence-corrected chi connectivity index (χ2v) is 7.04. The Bertz CT molecular complexity index is 580. The van der Waals surface area contributed by atoms with Crippen molar-refractivity contribution in [1.82, 2.24) is 4.90 Å². The lowest BCUT2D eigenvalue weighted by atomic mass is 9.95. The molecule has 5 heteroatoms. The van der Waals surface area contributed by atoms with E-state index in [1.165, 1.54) is 11.1 Å². The third kappa shape index (κ3) is 2.82. The molecule has 0 fully saturated rings. The van der Waals surface area contributed by atoms with Gasteiger partial charge in [-0.15, -0.1) is 0 Å². The summed E-state index contributed by atoms with van der Waals surface area (Å²) < 4.78 is 11.2. The van der Waals surface area contributed by atoms with E-state index in [9.17, 15) is 4.79 Å². The Morgan fingerprint density at radius 1 is 1.43 bits per heavy atom. The molecule has 1 aromatic rings. The molecule has 1 atom stereocenters.